The third-order valence-electron chi connectivity index (χ3n) is 6.05. The van der Waals surface area contributed by atoms with Gasteiger partial charge in [0.15, 0.2) is 11.2 Å². The van der Waals surface area contributed by atoms with Crippen molar-refractivity contribution in [3.63, 3.8) is 0 Å². The van der Waals surface area contributed by atoms with Crippen LogP contribution in [0.25, 0.3) is 11.2 Å². The molecule has 0 aliphatic heterocycles. The van der Waals surface area contributed by atoms with Gasteiger partial charge in [0.1, 0.15) is 12.4 Å². The zero-order chi connectivity index (χ0) is 25.8. The first-order chi connectivity index (χ1) is 18.0. The summed E-state index contributed by atoms with van der Waals surface area (Å²) in [5.74, 6) is 1.11. The lowest BCUT2D eigenvalue weighted by atomic mass is 10.2. The maximum Gasteiger partial charge on any atom is 0.332 e. The number of aromatic nitrogens is 4. The molecule has 186 valence electrons. The highest BCUT2D eigenvalue weighted by Gasteiger charge is 2.18. The van der Waals surface area contributed by atoms with Crippen molar-refractivity contribution in [3.8, 4) is 5.75 Å². The zero-order valence-electron chi connectivity index (χ0n) is 20.5. The smallest absolute Gasteiger partial charge is 0.332 e. The van der Waals surface area contributed by atoms with Gasteiger partial charge in [-0.15, -0.1) is 0 Å². The van der Waals surface area contributed by atoms with E-state index in [0.29, 0.717) is 23.7 Å². The number of benzene rings is 3. The highest BCUT2D eigenvalue weighted by molar-refractivity contribution is 5.80. The molecule has 0 atom stereocenters. The molecule has 9 nitrogen and oxygen atoms in total. The molecule has 2 aromatic heterocycles. The van der Waals surface area contributed by atoms with Crippen molar-refractivity contribution in [2.45, 2.75) is 13.2 Å². The Bertz CT molecular complexity index is 1670. The summed E-state index contributed by atoms with van der Waals surface area (Å²) in [6.07, 6.45) is 1.65. The number of rotatable bonds is 8. The monoisotopic (exact) mass is 494 g/mol. The van der Waals surface area contributed by atoms with Crippen LogP contribution < -0.4 is 21.4 Å². The minimum absolute atomic E-state index is 0.180. The van der Waals surface area contributed by atoms with Crippen LogP contribution in [0.15, 0.2) is 99.6 Å². The molecule has 0 saturated heterocycles. The van der Waals surface area contributed by atoms with Crippen molar-refractivity contribution in [1.82, 2.24) is 18.7 Å². The van der Waals surface area contributed by atoms with Gasteiger partial charge in [-0.3, -0.25) is 13.9 Å². The first-order valence-corrected chi connectivity index (χ1v) is 11.8. The van der Waals surface area contributed by atoms with Crippen LogP contribution in [-0.4, -0.2) is 24.9 Å². The van der Waals surface area contributed by atoms with Crippen molar-refractivity contribution in [1.29, 1.82) is 0 Å². The number of nitrogens with one attached hydrogen (secondary N) is 1. The molecule has 0 fully saturated rings. The van der Waals surface area contributed by atoms with Gasteiger partial charge < -0.3 is 9.30 Å². The maximum atomic E-state index is 13.2. The minimum Gasteiger partial charge on any atom is -0.489 e. The fourth-order valence-electron chi connectivity index (χ4n) is 4.00. The number of hydrogen-bond acceptors (Lipinski definition) is 6. The van der Waals surface area contributed by atoms with Crippen molar-refractivity contribution >= 4 is 23.3 Å². The lowest BCUT2D eigenvalue weighted by Crippen LogP contribution is -2.39. The molecule has 0 aliphatic carbocycles. The normalized spacial score (nSPS) is 11.3. The number of ether oxygens (including phenoxy) is 1. The van der Waals surface area contributed by atoms with Crippen molar-refractivity contribution in [2.75, 3.05) is 5.43 Å². The maximum absolute atomic E-state index is 13.2. The van der Waals surface area contributed by atoms with Gasteiger partial charge in [0.2, 0.25) is 5.95 Å². The van der Waals surface area contributed by atoms with Crippen molar-refractivity contribution in [2.24, 2.45) is 19.2 Å². The molecular weight excluding hydrogens is 468 g/mol. The van der Waals surface area contributed by atoms with Gasteiger partial charge >= 0.3 is 5.69 Å². The molecule has 0 unspecified atom stereocenters. The van der Waals surface area contributed by atoms with Crippen LogP contribution in [0.3, 0.4) is 0 Å². The summed E-state index contributed by atoms with van der Waals surface area (Å²) in [6.45, 7) is 0.678. The van der Waals surface area contributed by atoms with Crippen LogP contribution in [0, 0.1) is 0 Å². The second kappa shape index (κ2) is 10.4. The van der Waals surface area contributed by atoms with Crippen molar-refractivity contribution < 1.29 is 4.74 Å². The predicted molar refractivity (Wildman–Crippen MR) is 144 cm³/mol. The molecule has 0 amide bonds. The topological polar surface area (TPSA) is 95.4 Å². The molecule has 0 spiro atoms. The fraction of sp³-hybridized carbons (Fsp3) is 0.143. The molecule has 5 rings (SSSR count). The minimum atomic E-state index is -0.427. The first kappa shape index (κ1) is 23.8. The molecule has 0 saturated carbocycles. The number of imidazole rings is 1. The Morgan fingerprint density at radius 1 is 0.865 bits per heavy atom. The van der Waals surface area contributed by atoms with E-state index in [0.717, 1.165) is 22.4 Å². The van der Waals surface area contributed by atoms with E-state index in [1.165, 1.54) is 9.13 Å². The molecule has 5 aromatic rings. The summed E-state index contributed by atoms with van der Waals surface area (Å²) < 4.78 is 10.0. The summed E-state index contributed by atoms with van der Waals surface area (Å²) in [6, 6.07) is 26.9. The molecule has 9 heteroatoms. The Kier molecular flexibility index (Phi) is 6.67. The largest absolute Gasteiger partial charge is 0.489 e. The SMILES string of the molecule is Cn1c(NN=Cc2ccc(OCc3ccccc3)cc2)nc2c1c(=O)n(Cc1ccccc1)c(=O)n2C. The zero-order valence-corrected chi connectivity index (χ0v) is 20.5. The summed E-state index contributed by atoms with van der Waals surface area (Å²) in [7, 11) is 3.32. The van der Waals surface area contributed by atoms with Crippen molar-refractivity contribution in [3.05, 3.63) is 122 Å². The Morgan fingerprint density at radius 2 is 1.51 bits per heavy atom. The number of aryl methyl sites for hydroxylation is 2. The van der Waals surface area contributed by atoms with Gasteiger partial charge in [-0.2, -0.15) is 10.1 Å². The second-order valence-corrected chi connectivity index (χ2v) is 8.60. The van der Waals surface area contributed by atoms with Gasteiger partial charge in [-0.25, -0.2) is 10.2 Å². The molecule has 2 heterocycles. The highest BCUT2D eigenvalue weighted by Crippen LogP contribution is 2.15. The first-order valence-electron chi connectivity index (χ1n) is 11.8. The molecule has 3 aromatic carbocycles. The summed E-state index contributed by atoms with van der Waals surface area (Å²) >= 11 is 0. The number of hydrogen-bond donors (Lipinski definition) is 1. The van der Waals surface area contributed by atoms with E-state index in [4.69, 9.17) is 4.74 Å². The van der Waals surface area contributed by atoms with E-state index in [1.54, 1.807) is 24.9 Å². The quantitative estimate of drug-likeness (QED) is 0.263. The van der Waals surface area contributed by atoms with Gasteiger partial charge in [0, 0.05) is 14.1 Å². The fourth-order valence-corrected chi connectivity index (χ4v) is 4.00. The van der Waals surface area contributed by atoms with Gasteiger partial charge in [-0.1, -0.05) is 60.7 Å². The van der Waals surface area contributed by atoms with E-state index >= 15 is 0 Å². The van der Waals surface area contributed by atoms with Gasteiger partial charge in [0.05, 0.1) is 12.8 Å². The van der Waals surface area contributed by atoms with Crippen LogP contribution in [0.1, 0.15) is 16.7 Å². The number of nitrogens with zero attached hydrogens (tertiary/aromatic N) is 5. The van der Waals surface area contributed by atoms with E-state index < -0.39 is 11.2 Å². The van der Waals surface area contributed by atoms with Crippen LogP contribution in [0.2, 0.25) is 0 Å². The summed E-state index contributed by atoms with van der Waals surface area (Å²) in [5.41, 5.74) is 5.48. The Hall–Kier alpha value is -4.92. The molecule has 1 N–H and O–H groups in total. The van der Waals surface area contributed by atoms with E-state index in [9.17, 15) is 9.59 Å². The highest BCUT2D eigenvalue weighted by atomic mass is 16.5. The number of hydrazone groups is 1. The summed E-state index contributed by atoms with van der Waals surface area (Å²) in [4.78, 5) is 30.6. The van der Waals surface area contributed by atoms with Crippen LogP contribution >= 0.6 is 0 Å². The summed E-state index contributed by atoms with van der Waals surface area (Å²) in [5, 5.41) is 4.27. The van der Waals surface area contributed by atoms with E-state index in [-0.39, 0.29) is 6.54 Å². The van der Waals surface area contributed by atoms with Crippen LogP contribution in [-0.2, 0) is 27.2 Å². The lowest BCUT2D eigenvalue weighted by Gasteiger charge is -2.08. The van der Waals surface area contributed by atoms with Gasteiger partial charge in [-0.05, 0) is 41.0 Å². The Labute approximate surface area is 212 Å². The Balaban J connectivity index is 1.32. The van der Waals surface area contributed by atoms with Crippen LogP contribution in [0.5, 0.6) is 5.75 Å². The lowest BCUT2D eigenvalue weighted by molar-refractivity contribution is 0.306. The molecule has 0 radical (unpaired) electrons. The molecule has 0 bridgehead atoms. The van der Waals surface area contributed by atoms with Gasteiger partial charge in [0.25, 0.3) is 5.56 Å². The van der Waals surface area contributed by atoms with Crippen LogP contribution in [0.4, 0.5) is 5.95 Å². The third kappa shape index (κ3) is 5.06. The standard InChI is InChI=1S/C28H26N6O3/c1-32-24-25(33(2)28(36)34(26(24)35)18-21-9-5-3-6-10-21)30-27(32)31-29-17-20-13-15-23(16-14-20)37-19-22-11-7-4-8-12-22/h3-17H,18-19H2,1-2H3,(H,30,31). The predicted octanol–water partition coefficient (Wildman–Crippen LogP) is 3.51. The average molecular weight is 495 g/mol. The molecule has 0 aliphatic rings. The molecule has 37 heavy (non-hydrogen) atoms. The number of anilines is 1. The Morgan fingerprint density at radius 3 is 2.19 bits per heavy atom. The average Bonchev–Trinajstić information content (AvgIpc) is 3.26. The second-order valence-electron chi connectivity index (χ2n) is 8.60. The number of fused-ring (bicyclic) bond motifs is 1. The molecular formula is C28H26N6O3. The van der Waals surface area contributed by atoms with E-state index in [1.807, 2.05) is 84.9 Å². The van der Waals surface area contributed by atoms with E-state index in [2.05, 4.69) is 15.5 Å². The third-order valence-corrected chi connectivity index (χ3v) is 6.05.